The standard InChI is InChI=1S/C31H45N3O3/c1-30(2,3)26-16-20(17-27(33-26)31(4,5)6)23-18-25(28(35)32-22-14-21(15-22)29(36)37)34(7)24(23)13-19-11-9-8-10-12-19/h16-19,21-22H,8-15H2,1-7H3,(H,32,35)(H,36,37). The summed E-state index contributed by atoms with van der Waals surface area (Å²) < 4.78 is 2.08. The second-order valence-corrected chi connectivity index (χ2v) is 13.5. The SMILES string of the molecule is Cn1c(C(=O)NC2CC(C(=O)O)C2)cc(-c2cc(C(C)(C)C)nc(C(C)(C)C)c2)c1CC1CCCCC1. The zero-order valence-electron chi connectivity index (χ0n) is 23.8. The molecule has 2 N–H and O–H groups in total. The Morgan fingerprint density at radius 2 is 1.54 bits per heavy atom. The third-order valence-electron chi connectivity index (χ3n) is 8.29. The number of pyridine rings is 1. The molecule has 37 heavy (non-hydrogen) atoms. The van der Waals surface area contributed by atoms with Crippen LogP contribution < -0.4 is 5.32 Å². The van der Waals surface area contributed by atoms with E-state index in [2.05, 4.69) is 69.6 Å². The molecular weight excluding hydrogens is 462 g/mol. The van der Waals surface area contributed by atoms with Crippen LogP contribution in [0.25, 0.3) is 11.1 Å². The molecule has 0 spiro atoms. The molecule has 0 aromatic carbocycles. The van der Waals surface area contributed by atoms with E-state index >= 15 is 0 Å². The number of rotatable bonds is 6. The largest absolute Gasteiger partial charge is 0.481 e. The number of nitrogens with zero attached hydrogens (tertiary/aromatic N) is 2. The molecule has 2 heterocycles. The lowest BCUT2D eigenvalue weighted by molar-refractivity contribution is -0.145. The number of carbonyl (C=O) groups is 2. The monoisotopic (exact) mass is 507 g/mol. The molecular formula is C31H45N3O3. The second kappa shape index (κ2) is 10.3. The van der Waals surface area contributed by atoms with Gasteiger partial charge in [0, 0.05) is 46.6 Å². The topological polar surface area (TPSA) is 84.2 Å². The van der Waals surface area contributed by atoms with E-state index in [0.717, 1.165) is 28.9 Å². The molecule has 0 aliphatic heterocycles. The molecule has 4 rings (SSSR count). The maximum Gasteiger partial charge on any atom is 0.306 e. The summed E-state index contributed by atoms with van der Waals surface area (Å²) >= 11 is 0. The first-order valence-corrected chi connectivity index (χ1v) is 14.0. The van der Waals surface area contributed by atoms with E-state index in [4.69, 9.17) is 4.98 Å². The van der Waals surface area contributed by atoms with Crippen LogP contribution in [0.3, 0.4) is 0 Å². The maximum atomic E-state index is 13.4. The van der Waals surface area contributed by atoms with Crippen LogP contribution in [0.15, 0.2) is 18.2 Å². The number of hydrogen-bond donors (Lipinski definition) is 2. The Morgan fingerprint density at radius 1 is 0.973 bits per heavy atom. The van der Waals surface area contributed by atoms with Crippen molar-refractivity contribution in [2.45, 2.75) is 110 Å². The molecule has 6 heteroatoms. The van der Waals surface area contributed by atoms with Gasteiger partial charge in [0.15, 0.2) is 0 Å². The molecule has 2 aliphatic rings. The summed E-state index contributed by atoms with van der Waals surface area (Å²) in [4.78, 5) is 29.7. The van der Waals surface area contributed by atoms with Crippen LogP contribution in [0.2, 0.25) is 0 Å². The molecule has 6 nitrogen and oxygen atoms in total. The Morgan fingerprint density at radius 3 is 2.05 bits per heavy atom. The lowest BCUT2D eigenvalue weighted by atomic mass is 9.80. The van der Waals surface area contributed by atoms with Crippen LogP contribution in [0.1, 0.15) is 114 Å². The molecule has 0 radical (unpaired) electrons. The Hall–Kier alpha value is -2.63. The summed E-state index contributed by atoms with van der Waals surface area (Å²) in [5, 5.41) is 12.3. The highest BCUT2D eigenvalue weighted by Crippen LogP contribution is 2.37. The van der Waals surface area contributed by atoms with Crippen molar-refractivity contribution in [2.75, 3.05) is 0 Å². The minimum Gasteiger partial charge on any atom is -0.481 e. The van der Waals surface area contributed by atoms with Crippen LogP contribution >= 0.6 is 0 Å². The van der Waals surface area contributed by atoms with Crippen molar-refractivity contribution in [3.05, 3.63) is 41.0 Å². The average molecular weight is 508 g/mol. The first kappa shape index (κ1) is 27.4. The van der Waals surface area contributed by atoms with Crippen molar-refractivity contribution in [1.29, 1.82) is 0 Å². The number of aliphatic carboxylic acids is 1. The minimum atomic E-state index is -0.775. The zero-order chi connectivity index (χ0) is 27.1. The number of carboxylic acids is 1. The van der Waals surface area contributed by atoms with Gasteiger partial charge < -0.3 is 15.0 Å². The predicted molar refractivity (Wildman–Crippen MR) is 148 cm³/mol. The molecule has 0 bridgehead atoms. The Labute approximate surface area is 222 Å². The fourth-order valence-corrected chi connectivity index (χ4v) is 5.67. The number of carbonyl (C=O) groups excluding carboxylic acids is 1. The Balaban J connectivity index is 1.75. The molecule has 2 aromatic heterocycles. The molecule has 2 saturated carbocycles. The summed E-state index contributed by atoms with van der Waals surface area (Å²) in [6.07, 6.45) is 8.31. The van der Waals surface area contributed by atoms with Gasteiger partial charge in [-0.1, -0.05) is 73.6 Å². The van der Waals surface area contributed by atoms with Crippen LogP contribution in [0.5, 0.6) is 0 Å². The van der Waals surface area contributed by atoms with E-state index in [-0.39, 0.29) is 28.7 Å². The molecule has 0 atom stereocenters. The number of hydrogen-bond acceptors (Lipinski definition) is 3. The molecule has 2 aromatic rings. The van der Waals surface area contributed by atoms with Gasteiger partial charge in [-0.05, 0) is 48.9 Å². The summed E-state index contributed by atoms with van der Waals surface area (Å²) in [6.45, 7) is 13.2. The summed E-state index contributed by atoms with van der Waals surface area (Å²) in [7, 11) is 2.01. The van der Waals surface area contributed by atoms with Crippen LogP contribution in [-0.4, -0.2) is 32.6 Å². The lowest BCUT2D eigenvalue weighted by Gasteiger charge is -2.32. The van der Waals surface area contributed by atoms with Crippen LogP contribution in [-0.2, 0) is 29.1 Å². The fourth-order valence-electron chi connectivity index (χ4n) is 5.67. The number of aromatic nitrogens is 2. The Bertz CT molecular complexity index is 1120. The molecule has 0 saturated heterocycles. The van der Waals surface area contributed by atoms with Gasteiger partial charge in [0.25, 0.3) is 5.91 Å². The van der Waals surface area contributed by atoms with Crippen molar-refractivity contribution in [3.8, 4) is 11.1 Å². The minimum absolute atomic E-state index is 0.0744. The van der Waals surface area contributed by atoms with E-state index in [9.17, 15) is 14.7 Å². The Kier molecular flexibility index (Phi) is 7.60. The van der Waals surface area contributed by atoms with Gasteiger partial charge in [-0.3, -0.25) is 14.6 Å². The lowest BCUT2D eigenvalue weighted by Crippen LogP contribution is -2.47. The second-order valence-electron chi connectivity index (χ2n) is 13.5. The van der Waals surface area contributed by atoms with Gasteiger partial charge in [-0.15, -0.1) is 0 Å². The molecule has 0 unspecified atom stereocenters. The van der Waals surface area contributed by atoms with Crippen molar-refractivity contribution in [1.82, 2.24) is 14.9 Å². The van der Waals surface area contributed by atoms with Crippen molar-refractivity contribution in [3.63, 3.8) is 0 Å². The van der Waals surface area contributed by atoms with E-state index < -0.39 is 5.97 Å². The van der Waals surface area contributed by atoms with Gasteiger partial charge in [0.05, 0.1) is 5.92 Å². The van der Waals surface area contributed by atoms with Gasteiger partial charge in [0.2, 0.25) is 0 Å². The third kappa shape index (κ3) is 6.10. The first-order chi connectivity index (χ1) is 17.2. The highest BCUT2D eigenvalue weighted by Gasteiger charge is 2.36. The quantitative estimate of drug-likeness (QED) is 0.474. The van der Waals surface area contributed by atoms with Crippen molar-refractivity contribution >= 4 is 11.9 Å². The van der Waals surface area contributed by atoms with Crippen LogP contribution in [0.4, 0.5) is 0 Å². The van der Waals surface area contributed by atoms with Crippen LogP contribution in [0, 0.1) is 11.8 Å². The average Bonchev–Trinajstić information content (AvgIpc) is 3.11. The first-order valence-electron chi connectivity index (χ1n) is 14.0. The zero-order valence-corrected chi connectivity index (χ0v) is 23.8. The summed E-state index contributed by atoms with van der Waals surface area (Å²) in [6, 6.07) is 6.39. The third-order valence-corrected chi connectivity index (χ3v) is 8.29. The van der Waals surface area contributed by atoms with E-state index in [0.29, 0.717) is 24.5 Å². The number of carboxylic acid groups (broad SMARTS) is 1. The predicted octanol–water partition coefficient (Wildman–Crippen LogP) is 6.40. The van der Waals surface area contributed by atoms with E-state index in [1.165, 1.54) is 37.8 Å². The van der Waals surface area contributed by atoms with Gasteiger partial charge in [-0.25, -0.2) is 0 Å². The van der Waals surface area contributed by atoms with E-state index in [1.54, 1.807) is 0 Å². The fraction of sp³-hybridized carbons (Fsp3) is 0.645. The molecule has 2 aliphatic carbocycles. The number of amides is 1. The normalized spacial score (nSPS) is 20.9. The van der Waals surface area contributed by atoms with E-state index in [1.807, 2.05) is 7.05 Å². The highest BCUT2D eigenvalue weighted by molar-refractivity contribution is 5.95. The van der Waals surface area contributed by atoms with Crippen molar-refractivity contribution in [2.24, 2.45) is 18.9 Å². The summed E-state index contributed by atoms with van der Waals surface area (Å²) in [5.74, 6) is -0.609. The van der Waals surface area contributed by atoms with Gasteiger partial charge in [-0.2, -0.15) is 0 Å². The molecule has 1 amide bonds. The highest BCUT2D eigenvalue weighted by atomic mass is 16.4. The maximum absolute atomic E-state index is 13.4. The summed E-state index contributed by atoms with van der Waals surface area (Å²) in [5.41, 5.74) is 6.02. The number of nitrogens with one attached hydrogen (secondary N) is 1. The smallest absolute Gasteiger partial charge is 0.306 e. The molecule has 2 fully saturated rings. The van der Waals surface area contributed by atoms with Gasteiger partial charge >= 0.3 is 5.97 Å². The van der Waals surface area contributed by atoms with Crippen molar-refractivity contribution < 1.29 is 14.7 Å². The molecule has 202 valence electrons. The van der Waals surface area contributed by atoms with Gasteiger partial charge in [0.1, 0.15) is 5.69 Å².